The van der Waals surface area contributed by atoms with Gasteiger partial charge in [-0.1, -0.05) is 22.0 Å². The summed E-state index contributed by atoms with van der Waals surface area (Å²) in [5.74, 6) is -0.973. The van der Waals surface area contributed by atoms with E-state index in [9.17, 15) is 9.59 Å². The fourth-order valence-electron chi connectivity index (χ4n) is 1.86. The molecular formula is C13H15BrN2O3. The number of hydrogen-bond donors (Lipinski definition) is 3. The maximum Gasteiger partial charge on any atom is 0.320 e. The van der Waals surface area contributed by atoms with Gasteiger partial charge in [-0.15, -0.1) is 0 Å². The maximum absolute atomic E-state index is 11.7. The number of amides is 1. The molecular weight excluding hydrogens is 312 g/mol. The Morgan fingerprint density at radius 1 is 1.42 bits per heavy atom. The number of anilines is 1. The second-order valence-electron chi connectivity index (χ2n) is 4.59. The van der Waals surface area contributed by atoms with Crippen molar-refractivity contribution >= 4 is 33.5 Å². The molecule has 0 saturated heterocycles. The minimum absolute atomic E-state index is 0.0000198. The number of nitrogens with one attached hydrogen (secondary N) is 2. The molecule has 0 aliphatic heterocycles. The van der Waals surface area contributed by atoms with Gasteiger partial charge in [-0.25, -0.2) is 0 Å². The van der Waals surface area contributed by atoms with Crippen LogP contribution in [0.25, 0.3) is 0 Å². The average molecular weight is 327 g/mol. The highest BCUT2D eigenvalue weighted by atomic mass is 79.9. The number of hydrogen-bond acceptors (Lipinski definition) is 3. The zero-order valence-corrected chi connectivity index (χ0v) is 11.8. The van der Waals surface area contributed by atoms with Gasteiger partial charge >= 0.3 is 5.97 Å². The lowest BCUT2D eigenvalue weighted by molar-refractivity contribution is -0.140. The summed E-state index contributed by atoms with van der Waals surface area (Å²) in [5.41, 5.74) is 0.680. The van der Waals surface area contributed by atoms with E-state index in [1.807, 2.05) is 12.1 Å². The van der Waals surface area contributed by atoms with E-state index in [1.165, 1.54) is 0 Å². The summed E-state index contributed by atoms with van der Waals surface area (Å²) in [5, 5.41) is 14.5. The first-order valence-electron chi connectivity index (χ1n) is 6.08. The van der Waals surface area contributed by atoms with Crippen molar-refractivity contribution in [1.29, 1.82) is 0 Å². The van der Waals surface area contributed by atoms with Crippen LogP contribution in [-0.4, -0.2) is 29.6 Å². The van der Waals surface area contributed by atoms with Gasteiger partial charge in [0, 0.05) is 10.2 Å². The molecule has 1 amide bonds. The molecule has 0 aromatic heterocycles. The van der Waals surface area contributed by atoms with Crippen molar-refractivity contribution < 1.29 is 14.7 Å². The second-order valence-corrected chi connectivity index (χ2v) is 5.51. The Bertz CT molecular complexity index is 489. The summed E-state index contributed by atoms with van der Waals surface area (Å²) in [6.45, 7) is -0.0000198. The van der Waals surface area contributed by atoms with Crippen molar-refractivity contribution in [3.8, 4) is 0 Å². The highest BCUT2D eigenvalue weighted by Crippen LogP contribution is 2.32. The third-order valence-corrected chi connectivity index (χ3v) is 3.44. The second kappa shape index (κ2) is 6.16. The molecule has 1 aliphatic rings. The van der Waals surface area contributed by atoms with Crippen LogP contribution >= 0.6 is 15.9 Å². The molecule has 102 valence electrons. The highest BCUT2D eigenvalue weighted by molar-refractivity contribution is 9.10. The molecule has 1 unspecified atom stereocenters. The van der Waals surface area contributed by atoms with Crippen LogP contribution in [0.2, 0.25) is 0 Å². The SMILES string of the molecule is O=C(CNC(C(=O)O)C1CC1)Nc1cccc(Br)c1. The van der Waals surface area contributed by atoms with Gasteiger partial charge in [0.1, 0.15) is 6.04 Å². The number of carbonyl (C=O) groups is 2. The molecule has 19 heavy (non-hydrogen) atoms. The standard InChI is InChI=1S/C13H15BrN2O3/c14-9-2-1-3-10(6-9)16-11(17)7-15-12(13(18)19)8-4-5-8/h1-3,6,8,12,15H,4-5,7H2,(H,16,17)(H,18,19). The molecule has 1 aromatic carbocycles. The summed E-state index contributed by atoms with van der Waals surface area (Å²) < 4.78 is 0.875. The number of halogens is 1. The van der Waals surface area contributed by atoms with Gasteiger partial charge < -0.3 is 10.4 Å². The van der Waals surface area contributed by atoms with Gasteiger partial charge in [-0.2, -0.15) is 0 Å². The first-order valence-corrected chi connectivity index (χ1v) is 6.87. The topological polar surface area (TPSA) is 78.4 Å². The molecule has 6 heteroatoms. The Balaban J connectivity index is 1.82. The van der Waals surface area contributed by atoms with Crippen LogP contribution in [0.1, 0.15) is 12.8 Å². The summed E-state index contributed by atoms with van der Waals surface area (Å²) >= 11 is 3.32. The van der Waals surface area contributed by atoms with Crippen LogP contribution in [0.15, 0.2) is 28.7 Å². The van der Waals surface area contributed by atoms with Crippen LogP contribution in [0.3, 0.4) is 0 Å². The molecule has 1 saturated carbocycles. The minimum atomic E-state index is -0.891. The van der Waals surface area contributed by atoms with Crippen LogP contribution < -0.4 is 10.6 Å². The Morgan fingerprint density at radius 2 is 2.16 bits per heavy atom. The third-order valence-electron chi connectivity index (χ3n) is 2.95. The highest BCUT2D eigenvalue weighted by Gasteiger charge is 2.36. The van der Waals surface area contributed by atoms with Crippen molar-refractivity contribution in [2.24, 2.45) is 5.92 Å². The van der Waals surface area contributed by atoms with E-state index in [0.29, 0.717) is 5.69 Å². The van der Waals surface area contributed by atoms with Gasteiger partial charge in [-0.05, 0) is 37.0 Å². The van der Waals surface area contributed by atoms with E-state index in [2.05, 4.69) is 26.6 Å². The molecule has 1 aromatic rings. The van der Waals surface area contributed by atoms with E-state index in [-0.39, 0.29) is 18.4 Å². The molecule has 0 spiro atoms. The van der Waals surface area contributed by atoms with Crippen LogP contribution in [0, 0.1) is 5.92 Å². The van der Waals surface area contributed by atoms with E-state index in [0.717, 1.165) is 17.3 Å². The zero-order valence-electron chi connectivity index (χ0n) is 10.2. The summed E-state index contributed by atoms with van der Waals surface area (Å²) in [4.78, 5) is 22.7. The third kappa shape index (κ3) is 4.33. The quantitative estimate of drug-likeness (QED) is 0.745. The number of aliphatic carboxylic acids is 1. The molecule has 3 N–H and O–H groups in total. The largest absolute Gasteiger partial charge is 0.480 e. The Morgan fingerprint density at radius 3 is 2.74 bits per heavy atom. The van der Waals surface area contributed by atoms with Gasteiger partial charge in [0.2, 0.25) is 5.91 Å². The van der Waals surface area contributed by atoms with Crippen molar-refractivity contribution in [3.63, 3.8) is 0 Å². The maximum atomic E-state index is 11.7. The smallest absolute Gasteiger partial charge is 0.320 e. The Hall–Kier alpha value is -1.40. The lowest BCUT2D eigenvalue weighted by Crippen LogP contribution is -2.42. The molecule has 0 radical (unpaired) electrons. The minimum Gasteiger partial charge on any atom is -0.480 e. The lowest BCUT2D eigenvalue weighted by atomic mass is 10.2. The molecule has 2 rings (SSSR count). The van der Waals surface area contributed by atoms with Crippen molar-refractivity contribution in [2.45, 2.75) is 18.9 Å². The van der Waals surface area contributed by atoms with Crippen molar-refractivity contribution in [2.75, 3.05) is 11.9 Å². The normalized spacial score (nSPS) is 15.8. The average Bonchev–Trinajstić information content (AvgIpc) is 3.13. The van der Waals surface area contributed by atoms with Crippen LogP contribution in [0.5, 0.6) is 0 Å². The summed E-state index contributed by atoms with van der Waals surface area (Å²) in [7, 11) is 0. The fourth-order valence-corrected chi connectivity index (χ4v) is 2.26. The first-order chi connectivity index (χ1) is 9.06. The molecule has 1 fully saturated rings. The Labute approximate surface area is 119 Å². The van der Waals surface area contributed by atoms with E-state index >= 15 is 0 Å². The number of benzene rings is 1. The summed E-state index contributed by atoms with van der Waals surface area (Å²) in [6.07, 6.45) is 1.83. The van der Waals surface area contributed by atoms with Crippen LogP contribution in [0.4, 0.5) is 5.69 Å². The van der Waals surface area contributed by atoms with Crippen LogP contribution in [-0.2, 0) is 9.59 Å². The molecule has 1 aliphatic carbocycles. The molecule has 5 nitrogen and oxygen atoms in total. The number of rotatable bonds is 6. The number of carbonyl (C=O) groups excluding carboxylic acids is 1. The predicted octanol–water partition coefficient (Wildman–Crippen LogP) is 1.84. The molecule has 1 atom stereocenters. The lowest BCUT2D eigenvalue weighted by Gasteiger charge is -2.13. The van der Waals surface area contributed by atoms with Gasteiger partial charge in [0.25, 0.3) is 0 Å². The van der Waals surface area contributed by atoms with Gasteiger partial charge in [-0.3, -0.25) is 14.9 Å². The molecule has 0 heterocycles. The summed E-state index contributed by atoms with van der Waals surface area (Å²) in [6, 6.07) is 6.62. The van der Waals surface area contributed by atoms with E-state index < -0.39 is 12.0 Å². The zero-order chi connectivity index (χ0) is 13.8. The van der Waals surface area contributed by atoms with Crippen molar-refractivity contribution in [3.05, 3.63) is 28.7 Å². The number of carboxylic acid groups (broad SMARTS) is 1. The fraction of sp³-hybridized carbons (Fsp3) is 0.385. The Kier molecular flexibility index (Phi) is 4.55. The first kappa shape index (κ1) is 14.0. The van der Waals surface area contributed by atoms with E-state index in [1.54, 1.807) is 12.1 Å². The van der Waals surface area contributed by atoms with Crippen molar-refractivity contribution in [1.82, 2.24) is 5.32 Å². The van der Waals surface area contributed by atoms with Gasteiger partial charge in [0.15, 0.2) is 0 Å². The number of carboxylic acids is 1. The monoisotopic (exact) mass is 326 g/mol. The van der Waals surface area contributed by atoms with Gasteiger partial charge in [0.05, 0.1) is 6.54 Å². The van der Waals surface area contributed by atoms with E-state index in [4.69, 9.17) is 5.11 Å². The molecule has 0 bridgehead atoms. The predicted molar refractivity (Wildman–Crippen MR) is 74.9 cm³/mol.